The second kappa shape index (κ2) is 6.29. The number of hydrogen-bond donors (Lipinski definition) is 1. The zero-order chi connectivity index (χ0) is 16.4. The number of nitrogens with zero attached hydrogens (tertiary/aromatic N) is 3. The van der Waals surface area contributed by atoms with Crippen molar-refractivity contribution in [1.82, 2.24) is 14.5 Å². The molecule has 0 atom stereocenters. The number of thioether (sulfide) groups is 1. The van der Waals surface area contributed by atoms with E-state index in [0.29, 0.717) is 22.7 Å². The van der Waals surface area contributed by atoms with Crippen molar-refractivity contribution in [3.05, 3.63) is 47.8 Å². The molecule has 23 heavy (non-hydrogen) atoms. The monoisotopic (exact) mass is 329 g/mol. The van der Waals surface area contributed by atoms with Crippen LogP contribution >= 0.6 is 11.8 Å². The number of aromatic nitrogens is 3. The molecule has 1 aromatic carbocycles. The third-order valence-electron chi connectivity index (χ3n) is 3.51. The van der Waals surface area contributed by atoms with Crippen LogP contribution in [0.15, 0.2) is 41.7 Å². The Bertz CT molecular complexity index is 859. The van der Waals surface area contributed by atoms with Crippen LogP contribution in [0.5, 0.6) is 5.75 Å². The summed E-state index contributed by atoms with van der Waals surface area (Å²) in [5.41, 5.74) is 1.79. The quantitative estimate of drug-likeness (QED) is 0.573. The third-order valence-corrected chi connectivity index (χ3v) is 4.08. The van der Waals surface area contributed by atoms with Gasteiger partial charge in [-0.05, 0) is 30.0 Å². The van der Waals surface area contributed by atoms with Gasteiger partial charge in [-0.3, -0.25) is 0 Å². The summed E-state index contributed by atoms with van der Waals surface area (Å²) >= 11 is 1.42. The van der Waals surface area contributed by atoms with Crippen LogP contribution in [-0.2, 0) is 6.54 Å². The van der Waals surface area contributed by atoms with Gasteiger partial charge in [-0.2, -0.15) is 0 Å². The van der Waals surface area contributed by atoms with Gasteiger partial charge in [0.25, 0.3) is 0 Å². The van der Waals surface area contributed by atoms with Crippen molar-refractivity contribution < 1.29 is 14.6 Å². The molecule has 0 saturated carbocycles. The highest BCUT2D eigenvalue weighted by Gasteiger charge is 2.17. The second-order valence-corrected chi connectivity index (χ2v) is 5.68. The number of hydrogen-bond acceptors (Lipinski definition) is 5. The molecule has 0 radical (unpaired) electrons. The van der Waals surface area contributed by atoms with E-state index in [-0.39, 0.29) is 5.69 Å². The highest BCUT2D eigenvalue weighted by atomic mass is 32.2. The fraction of sp³-hybridized carbons (Fsp3) is 0.188. The number of benzene rings is 1. The molecule has 0 saturated heterocycles. The largest absolute Gasteiger partial charge is 0.497 e. The van der Waals surface area contributed by atoms with Crippen molar-refractivity contribution in [3.8, 4) is 5.75 Å². The van der Waals surface area contributed by atoms with E-state index in [1.165, 1.54) is 11.8 Å². The van der Waals surface area contributed by atoms with Crippen molar-refractivity contribution in [2.24, 2.45) is 0 Å². The molecule has 1 N–H and O–H groups in total. The average Bonchev–Trinajstić information content (AvgIpc) is 2.93. The number of methoxy groups -OCH3 is 1. The van der Waals surface area contributed by atoms with Crippen LogP contribution in [0.2, 0.25) is 0 Å². The Balaban J connectivity index is 2.08. The lowest BCUT2D eigenvalue weighted by Crippen LogP contribution is -2.10. The molecular formula is C16H15N3O3S. The smallest absolute Gasteiger partial charge is 0.352 e. The Labute approximate surface area is 137 Å². The zero-order valence-corrected chi connectivity index (χ0v) is 13.5. The molecule has 0 aliphatic heterocycles. The first kappa shape index (κ1) is 15.4. The minimum atomic E-state index is -0.984. The van der Waals surface area contributed by atoms with Gasteiger partial charge in [-0.15, -0.1) is 0 Å². The molecule has 0 amide bonds. The molecule has 0 aliphatic rings. The molecular weight excluding hydrogens is 314 g/mol. The average molecular weight is 329 g/mol. The van der Waals surface area contributed by atoms with Crippen LogP contribution in [0.25, 0.3) is 11.0 Å². The van der Waals surface area contributed by atoms with Crippen LogP contribution in [0, 0.1) is 0 Å². The molecule has 3 aromatic rings. The first-order valence-electron chi connectivity index (χ1n) is 6.89. The topological polar surface area (TPSA) is 77.2 Å². The molecule has 7 heteroatoms. The lowest BCUT2D eigenvalue weighted by atomic mass is 10.2. The van der Waals surface area contributed by atoms with Crippen LogP contribution in [-0.4, -0.2) is 39.0 Å². The van der Waals surface area contributed by atoms with E-state index in [1.54, 1.807) is 23.9 Å². The minimum absolute atomic E-state index is 0.198. The lowest BCUT2D eigenvalue weighted by Gasteiger charge is -2.09. The maximum atomic E-state index is 11.5. The Morgan fingerprint density at radius 1 is 1.35 bits per heavy atom. The highest BCUT2D eigenvalue weighted by molar-refractivity contribution is 7.98. The van der Waals surface area contributed by atoms with Crippen molar-refractivity contribution in [3.63, 3.8) is 0 Å². The standard InChI is InChI=1S/C16H15N3O3S/c1-22-12-5-3-10(4-6-12)9-19-13(15(20)21)7-11-8-17-16(23-2)18-14(11)19/h3-8H,9H2,1-2H3,(H,20,21). The van der Waals surface area contributed by atoms with Crippen molar-refractivity contribution >= 4 is 28.8 Å². The molecule has 0 fully saturated rings. The van der Waals surface area contributed by atoms with E-state index < -0.39 is 5.97 Å². The molecule has 0 spiro atoms. The summed E-state index contributed by atoms with van der Waals surface area (Å²) in [5, 5.41) is 10.8. The minimum Gasteiger partial charge on any atom is -0.497 e. The number of carboxylic acid groups (broad SMARTS) is 1. The van der Waals surface area contributed by atoms with E-state index in [1.807, 2.05) is 30.5 Å². The Hall–Kier alpha value is -2.54. The van der Waals surface area contributed by atoms with E-state index in [9.17, 15) is 9.90 Å². The Morgan fingerprint density at radius 2 is 2.09 bits per heavy atom. The number of carbonyl (C=O) groups is 1. The van der Waals surface area contributed by atoms with Gasteiger partial charge in [-0.25, -0.2) is 14.8 Å². The summed E-state index contributed by atoms with van der Waals surface area (Å²) < 4.78 is 6.84. The number of carboxylic acids is 1. The van der Waals surface area contributed by atoms with Gasteiger partial charge in [0.15, 0.2) is 5.16 Å². The predicted octanol–water partition coefficient (Wildman–Crippen LogP) is 2.91. The van der Waals surface area contributed by atoms with Crippen molar-refractivity contribution in [2.45, 2.75) is 11.7 Å². The van der Waals surface area contributed by atoms with E-state index in [0.717, 1.165) is 11.3 Å². The highest BCUT2D eigenvalue weighted by Crippen LogP contribution is 2.22. The summed E-state index contributed by atoms with van der Waals surface area (Å²) in [6.07, 6.45) is 3.54. The molecule has 6 nitrogen and oxygen atoms in total. The second-order valence-electron chi connectivity index (χ2n) is 4.90. The maximum absolute atomic E-state index is 11.5. The van der Waals surface area contributed by atoms with Gasteiger partial charge < -0.3 is 14.4 Å². The zero-order valence-electron chi connectivity index (χ0n) is 12.7. The number of fused-ring (bicyclic) bond motifs is 1. The lowest BCUT2D eigenvalue weighted by molar-refractivity contribution is 0.0686. The van der Waals surface area contributed by atoms with Crippen molar-refractivity contribution in [2.75, 3.05) is 13.4 Å². The molecule has 2 aromatic heterocycles. The van der Waals surface area contributed by atoms with E-state index >= 15 is 0 Å². The van der Waals surface area contributed by atoms with Gasteiger partial charge >= 0.3 is 5.97 Å². The normalized spacial score (nSPS) is 10.9. The summed E-state index contributed by atoms with van der Waals surface area (Å²) in [7, 11) is 1.61. The van der Waals surface area contributed by atoms with Gasteiger partial charge in [0.1, 0.15) is 17.1 Å². The number of ether oxygens (including phenoxy) is 1. The molecule has 3 rings (SSSR count). The van der Waals surface area contributed by atoms with E-state index in [2.05, 4.69) is 9.97 Å². The Morgan fingerprint density at radius 3 is 2.70 bits per heavy atom. The third kappa shape index (κ3) is 3.00. The van der Waals surface area contributed by atoms with Gasteiger partial charge in [0.2, 0.25) is 0 Å². The summed E-state index contributed by atoms with van der Waals surface area (Å²) in [4.78, 5) is 20.2. The fourth-order valence-electron chi connectivity index (χ4n) is 2.37. The first-order chi connectivity index (χ1) is 11.1. The molecule has 0 bridgehead atoms. The molecule has 0 aliphatic carbocycles. The van der Waals surface area contributed by atoms with E-state index in [4.69, 9.17) is 4.74 Å². The summed E-state index contributed by atoms with van der Waals surface area (Å²) in [5.74, 6) is -0.223. The van der Waals surface area contributed by atoms with Crippen LogP contribution in [0.4, 0.5) is 0 Å². The van der Waals surface area contributed by atoms with Crippen molar-refractivity contribution in [1.29, 1.82) is 0 Å². The van der Waals surface area contributed by atoms with Crippen LogP contribution < -0.4 is 4.74 Å². The van der Waals surface area contributed by atoms with Crippen LogP contribution in [0.1, 0.15) is 16.1 Å². The maximum Gasteiger partial charge on any atom is 0.352 e. The number of rotatable bonds is 5. The summed E-state index contributed by atoms with van der Waals surface area (Å²) in [6, 6.07) is 9.12. The fourth-order valence-corrected chi connectivity index (χ4v) is 2.71. The number of aromatic carboxylic acids is 1. The Kier molecular flexibility index (Phi) is 4.20. The molecule has 2 heterocycles. The van der Waals surface area contributed by atoms with Gasteiger partial charge in [-0.1, -0.05) is 23.9 Å². The molecule has 0 unspecified atom stereocenters. The summed E-state index contributed by atoms with van der Waals surface area (Å²) in [6.45, 7) is 0.417. The van der Waals surface area contributed by atoms with Gasteiger partial charge in [0, 0.05) is 18.1 Å². The first-order valence-corrected chi connectivity index (χ1v) is 8.11. The molecule has 118 valence electrons. The van der Waals surface area contributed by atoms with Gasteiger partial charge in [0.05, 0.1) is 7.11 Å². The predicted molar refractivity (Wildman–Crippen MR) is 88.4 cm³/mol. The SMILES string of the molecule is COc1ccc(Cn2c(C(=O)O)cc3cnc(SC)nc32)cc1. The van der Waals surface area contributed by atoms with Crippen LogP contribution in [0.3, 0.4) is 0 Å².